The van der Waals surface area contributed by atoms with Gasteiger partial charge in [-0.3, -0.25) is 9.58 Å². The van der Waals surface area contributed by atoms with Crippen molar-refractivity contribution < 1.29 is 8.42 Å². The summed E-state index contributed by atoms with van der Waals surface area (Å²) in [7, 11) is -1.18. The summed E-state index contributed by atoms with van der Waals surface area (Å²) in [5.41, 5.74) is 4.62. The summed E-state index contributed by atoms with van der Waals surface area (Å²) in [6, 6.07) is 7.54. The van der Waals surface area contributed by atoms with Gasteiger partial charge in [-0.1, -0.05) is 12.1 Å². The lowest BCUT2D eigenvalue weighted by molar-refractivity contribution is 0.203. The molecule has 0 fully saturated rings. The molecule has 1 heterocycles. The third kappa shape index (κ3) is 4.24. The van der Waals surface area contributed by atoms with Crippen LogP contribution in [-0.2, 0) is 30.0 Å². The van der Waals surface area contributed by atoms with Crippen LogP contribution in [0.1, 0.15) is 36.4 Å². The first-order valence-electron chi connectivity index (χ1n) is 8.11. The van der Waals surface area contributed by atoms with Crippen LogP contribution in [0.25, 0.3) is 0 Å². The zero-order valence-corrected chi connectivity index (χ0v) is 16.2. The number of nitrogens with zero attached hydrogens (tertiary/aromatic N) is 3. The van der Waals surface area contributed by atoms with Crippen LogP contribution in [0.15, 0.2) is 29.2 Å². The van der Waals surface area contributed by atoms with Gasteiger partial charge in [0.15, 0.2) is 9.84 Å². The monoisotopic (exact) mass is 349 g/mol. The van der Waals surface area contributed by atoms with Gasteiger partial charge < -0.3 is 0 Å². The number of aryl methyl sites for hydroxylation is 2. The Morgan fingerprint density at radius 1 is 1.12 bits per heavy atom. The molecule has 0 unspecified atom stereocenters. The standard InChI is InChI=1S/C18H27N3O2S/c1-13(2)21(12-18-14(3)19-20(5)15(18)4)11-16-7-9-17(10-8-16)24(6,22)23/h7-10,13H,11-12H2,1-6H3. The summed E-state index contributed by atoms with van der Waals surface area (Å²) in [5.74, 6) is 0. The van der Waals surface area contributed by atoms with Gasteiger partial charge in [0.2, 0.25) is 0 Å². The lowest BCUT2D eigenvalue weighted by atomic mass is 10.1. The molecule has 0 atom stereocenters. The Morgan fingerprint density at radius 2 is 1.71 bits per heavy atom. The summed E-state index contributed by atoms with van der Waals surface area (Å²) in [6.45, 7) is 10.1. The van der Waals surface area contributed by atoms with Gasteiger partial charge in [-0.2, -0.15) is 5.10 Å². The van der Waals surface area contributed by atoms with E-state index in [4.69, 9.17) is 0 Å². The largest absolute Gasteiger partial charge is 0.292 e. The van der Waals surface area contributed by atoms with Crippen molar-refractivity contribution in [3.8, 4) is 0 Å². The molecular weight excluding hydrogens is 322 g/mol. The number of hydrogen-bond donors (Lipinski definition) is 0. The Hall–Kier alpha value is -1.66. The number of rotatable bonds is 6. The van der Waals surface area contributed by atoms with E-state index in [2.05, 4.69) is 30.8 Å². The summed E-state index contributed by atoms with van der Waals surface area (Å²) < 4.78 is 25.1. The molecule has 0 radical (unpaired) electrons. The third-order valence-electron chi connectivity index (χ3n) is 4.49. The minimum Gasteiger partial charge on any atom is -0.292 e. The van der Waals surface area contributed by atoms with Gasteiger partial charge in [0, 0.05) is 43.7 Å². The van der Waals surface area contributed by atoms with Gasteiger partial charge in [-0.15, -0.1) is 0 Å². The molecule has 1 aromatic heterocycles. The minimum atomic E-state index is -3.15. The zero-order valence-electron chi connectivity index (χ0n) is 15.4. The van der Waals surface area contributed by atoms with Crippen LogP contribution < -0.4 is 0 Å². The third-order valence-corrected chi connectivity index (χ3v) is 5.62. The number of benzene rings is 1. The maximum absolute atomic E-state index is 11.6. The lowest BCUT2D eigenvalue weighted by Crippen LogP contribution is -2.30. The second-order valence-corrected chi connectivity index (χ2v) is 8.70. The summed E-state index contributed by atoms with van der Waals surface area (Å²) in [4.78, 5) is 2.73. The Bertz CT molecular complexity index is 806. The van der Waals surface area contributed by atoms with Crippen molar-refractivity contribution in [1.29, 1.82) is 0 Å². The Labute approximate surface area is 145 Å². The summed E-state index contributed by atoms with van der Waals surface area (Å²) >= 11 is 0. The van der Waals surface area contributed by atoms with Crippen LogP contribution in [0.2, 0.25) is 0 Å². The Morgan fingerprint density at radius 3 is 2.12 bits per heavy atom. The normalized spacial score (nSPS) is 12.3. The molecule has 0 bridgehead atoms. The Kier molecular flexibility index (Phi) is 5.50. The molecule has 0 spiro atoms. The van der Waals surface area contributed by atoms with E-state index in [1.165, 1.54) is 17.5 Å². The van der Waals surface area contributed by atoms with Crippen LogP contribution in [0.4, 0.5) is 0 Å². The second kappa shape index (κ2) is 7.07. The van der Waals surface area contributed by atoms with E-state index in [9.17, 15) is 8.42 Å². The number of aromatic nitrogens is 2. The molecule has 0 N–H and O–H groups in total. The molecule has 132 valence electrons. The van der Waals surface area contributed by atoms with Crippen molar-refractivity contribution in [3.05, 3.63) is 46.8 Å². The smallest absolute Gasteiger partial charge is 0.175 e. The van der Waals surface area contributed by atoms with E-state index in [0.717, 1.165) is 24.3 Å². The van der Waals surface area contributed by atoms with E-state index in [1.807, 2.05) is 30.8 Å². The molecule has 1 aromatic carbocycles. The molecule has 24 heavy (non-hydrogen) atoms. The highest BCUT2D eigenvalue weighted by atomic mass is 32.2. The first kappa shape index (κ1) is 18.7. The molecule has 2 rings (SSSR count). The second-order valence-electron chi connectivity index (χ2n) is 6.69. The highest BCUT2D eigenvalue weighted by Crippen LogP contribution is 2.19. The molecule has 5 nitrogen and oxygen atoms in total. The summed E-state index contributed by atoms with van der Waals surface area (Å²) in [5, 5.41) is 4.49. The van der Waals surface area contributed by atoms with Crippen LogP contribution >= 0.6 is 0 Å². The van der Waals surface area contributed by atoms with E-state index in [0.29, 0.717) is 10.9 Å². The molecule has 0 saturated carbocycles. The molecule has 0 amide bonds. The topological polar surface area (TPSA) is 55.2 Å². The minimum absolute atomic E-state index is 0.362. The first-order valence-corrected chi connectivity index (χ1v) is 10.0. The van der Waals surface area contributed by atoms with Crippen molar-refractivity contribution in [1.82, 2.24) is 14.7 Å². The molecule has 0 saturated heterocycles. The van der Waals surface area contributed by atoms with Gasteiger partial charge in [-0.05, 0) is 45.4 Å². The molecule has 0 aliphatic rings. The van der Waals surface area contributed by atoms with Gasteiger partial charge in [0.1, 0.15) is 0 Å². The quantitative estimate of drug-likeness (QED) is 0.805. The molecular formula is C18H27N3O2S. The number of hydrogen-bond acceptors (Lipinski definition) is 4. The first-order chi connectivity index (χ1) is 11.1. The fraction of sp³-hybridized carbons (Fsp3) is 0.500. The highest BCUT2D eigenvalue weighted by molar-refractivity contribution is 7.90. The lowest BCUT2D eigenvalue weighted by Gasteiger charge is -2.27. The molecule has 2 aromatic rings. The predicted octanol–water partition coefficient (Wildman–Crippen LogP) is 2.85. The van der Waals surface area contributed by atoms with Gasteiger partial charge in [0.05, 0.1) is 10.6 Å². The Balaban J connectivity index is 2.20. The van der Waals surface area contributed by atoms with Crippen molar-refractivity contribution in [2.24, 2.45) is 7.05 Å². The zero-order chi connectivity index (χ0) is 18.1. The fourth-order valence-electron chi connectivity index (χ4n) is 2.75. The SMILES string of the molecule is Cc1nn(C)c(C)c1CN(Cc1ccc(S(C)(=O)=O)cc1)C(C)C. The maximum Gasteiger partial charge on any atom is 0.175 e. The molecule has 6 heteroatoms. The van der Waals surface area contributed by atoms with Crippen molar-refractivity contribution in [2.75, 3.05) is 6.26 Å². The fourth-order valence-corrected chi connectivity index (χ4v) is 3.38. The van der Waals surface area contributed by atoms with Crippen LogP contribution in [0.5, 0.6) is 0 Å². The molecule has 0 aliphatic heterocycles. The van der Waals surface area contributed by atoms with Crippen molar-refractivity contribution >= 4 is 9.84 Å². The maximum atomic E-state index is 11.6. The van der Waals surface area contributed by atoms with Crippen LogP contribution in [0.3, 0.4) is 0 Å². The van der Waals surface area contributed by atoms with E-state index in [1.54, 1.807) is 12.1 Å². The van der Waals surface area contributed by atoms with Gasteiger partial charge >= 0.3 is 0 Å². The van der Waals surface area contributed by atoms with Crippen LogP contribution in [0, 0.1) is 13.8 Å². The summed E-state index contributed by atoms with van der Waals surface area (Å²) in [6.07, 6.45) is 1.23. The van der Waals surface area contributed by atoms with Gasteiger partial charge in [-0.25, -0.2) is 8.42 Å². The average molecular weight is 350 g/mol. The highest BCUT2D eigenvalue weighted by Gasteiger charge is 2.17. The van der Waals surface area contributed by atoms with Gasteiger partial charge in [0.25, 0.3) is 0 Å². The predicted molar refractivity (Wildman–Crippen MR) is 96.6 cm³/mol. The van der Waals surface area contributed by atoms with Crippen molar-refractivity contribution in [2.45, 2.75) is 51.7 Å². The number of sulfone groups is 1. The molecule has 0 aliphatic carbocycles. The van der Waals surface area contributed by atoms with Crippen LogP contribution in [-0.4, -0.2) is 35.4 Å². The van der Waals surface area contributed by atoms with E-state index in [-0.39, 0.29) is 0 Å². The van der Waals surface area contributed by atoms with E-state index < -0.39 is 9.84 Å². The van der Waals surface area contributed by atoms with Crippen molar-refractivity contribution in [3.63, 3.8) is 0 Å². The van der Waals surface area contributed by atoms with E-state index >= 15 is 0 Å². The average Bonchev–Trinajstić information content (AvgIpc) is 2.72.